The molecule has 3 nitrogen and oxygen atoms in total. The SMILES string of the molecule is CN(C)c1ccc2c(c1)N=CCC2=O. The molecule has 0 spiro atoms. The highest BCUT2D eigenvalue weighted by Gasteiger charge is 2.14. The maximum absolute atomic E-state index is 11.5. The van der Waals surface area contributed by atoms with Gasteiger partial charge in [-0.05, 0) is 18.2 Å². The number of fused-ring (bicyclic) bond motifs is 1. The lowest BCUT2D eigenvalue weighted by Gasteiger charge is -2.15. The van der Waals surface area contributed by atoms with Crippen LogP contribution in [-0.2, 0) is 0 Å². The van der Waals surface area contributed by atoms with Crippen LogP contribution in [0.3, 0.4) is 0 Å². The van der Waals surface area contributed by atoms with E-state index in [1.807, 2.05) is 37.2 Å². The molecule has 0 amide bonds. The molecule has 0 saturated carbocycles. The lowest BCUT2D eigenvalue weighted by Crippen LogP contribution is -2.10. The van der Waals surface area contributed by atoms with Gasteiger partial charge in [0.25, 0.3) is 0 Å². The summed E-state index contributed by atoms with van der Waals surface area (Å²) in [7, 11) is 3.94. The number of aliphatic imine (C=N–C) groups is 1. The van der Waals surface area contributed by atoms with Gasteiger partial charge in [0.1, 0.15) is 0 Å². The maximum Gasteiger partial charge on any atom is 0.170 e. The first-order chi connectivity index (χ1) is 6.68. The monoisotopic (exact) mass is 188 g/mol. The van der Waals surface area contributed by atoms with Gasteiger partial charge >= 0.3 is 0 Å². The molecule has 0 saturated heterocycles. The van der Waals surface area contributed by atoms with Crippen LogP contribution in [0.4, 0.5) is 11.4 Å². The molecule has 14 heavy (non-hydrogen) atoms. The van der Waals surface area contributed by atoms with Gasteiger partial charge in [0.2, 0.25) is 0 Å². The van der Waals surface area contributed by atoms with Crippen molar-refractivity contribution in [2.75, 3.05) is 19.0 Å². The molecule has 0 aliphatic carbocycles. The third-order valence-electron chi connectivity index (χ3n) is 2.31. The van der Waals surface area contributed by atoms with Gasteiger partial charge in [0, 0.05) is 38.0 Å². The average Bonchev–Trinajstić information content (AvgIpc) is 2.17. The Morgan fingerprint density at radius 2 is 2.14 bits per heavy atom. The summed E-state index contributed by atoms with van der Waals surface area (Å²) < 4.78 is 0. The maximum atomic E-state index is 11.5. The van der Waals surface area contributed by atoms with Crippen LogP contribution in [0.15, 0.2) is 23.2 Å². The van der Waals surface area contributed by atoms with E-state index in [4.69, 9.17) is 0 Å². The molecule has 0 radical (unpaired) electrons. The molecule has 2 rings (SSSR count). The Kier molecular flexibility index (Phi) is 2.08. The molecule has 0 atom stereocenters. The molecule has 0 unspecified atom stereocenters. The number of ketones is 1. The van der Waals surface area contributed by atoms with Crippen LogP contribution in [0.25, 0.3) is 0 Å². The largest absolute Gasteiger partial charge is 0.378 e. The van der Waals surface area contributed by atoms with Crippen LogP contribution >= 0.6 is 0 Å². The Balaban J connectivity index is 2.51. The molecule has 0 aromatic heterocycles. The van der Waals surface area contributed by atoms with Crippen molar-refractivity contribution in [3.63, 3.8) is 0 Å². The van der Waals surface area contributed by atoms with Gasteiger partial charge < -0.3 is 4.90 Å². The molecule has 0 N–H and O–H groups in total. The molecule has 1 aromatic carbocycles. The minimum atomic E-state index is 0.153. The fraction of sp³-hybridized carbons (Fsp3) is 0.273. The second-order valence-electron chi connectivity index (χ2n) is 3.53. The van der Waals surface area contributed by atoms with Gasteiger partial charge in [-0.1, -0.05) is 0 Å². The summed E-state index contributed by atoms with van der Waals surface area (Å²) in [6.45, 7) is 0. The van der Waals surface area contributed by atoms with E-state index in [-0.39, 0.29) is 5.78 Å². The normalized spacial score (nSPS) is 14.0. The minimum absolute atomic E-state index is 0.153. The van der Waals surface area contributed by atoms with Crippen LogP contribution in [0.2, 0.25) is 0 Å². The molecule has 3 heteroatoms. The fourth-order valence-electron chi connectivity index (χ4n) is 1.48. The Labute approximate surface area is 83.1 Å². The van der Waals surface area contributed by atoms with Crippen molar-refractivity contribution in [2.45, 2.75) is 6.42 Å². The summed E-state index contributed by atoms with van der Waals surface area (Å²) in [5, 5.41) is 0. The number of Topliss-reactive ketones (excluding diaryl/α,β-unsaturated/α-hetero) is 1. The second-order valence-corrected chi connectivity index (χ2v) is 3.53. The smallest absolute Gasteiger partial charge is 0.170 e. The fourth-order valence-corrected chi connectivity index (χ4v) is 1.48. The van der Waals surface area contributed by atoms with Crippen molar-refractivity contribution in [1.82, 2.24) is 0 Å². The van der Waals surface area contributed by atoms with Crippen LogP contribution in [0.5, 0.6) is 0 Å². The number of anilines is 1. The lowest BCUT2D eigenvalue weighted by molar-refractivity contribution is 0.100. The topological polar surface area (TPSA) is 32.7 Å². The van der Waals surface area contributed by atoms with E-state index in [0.29, 0.717) is 6.42 Å². The number of rotatable bonds is 1. The molecule has 1 aliphatic rings. The minimum Gasteiger partial charge on any atom is -0.378 e. The average molecular weight is 188 g/mol. The number of hydrogen-bond donors (Lipinski definition) is 0. The van der Waals surface area contributed by atoms with Gasteiger partial charge in [0.15, 0.2) is 5.78 Å². The van der Waals surface area contributed by atoms with Gasteiger partial charge in [-0.2, -0.15) is 0 Å². The van der Waals surface area contributed by atoms with Crippen molar-refractivity contribution in [3.05, 3.63) is 23.8 Å². The van der Waals surface area contributed by atoms with Gasteiger partial charge in [-0.15, -0.1) is 0 Å². The summed E-state index contributed by atoms with van der Waals surface area (Å²) in [4.78, 5) is 17.7. The van der Waals surface area contributed by atoms with E-state index in [2.05, 4.69) is 4.99 Å². The first kappa shape index (κ1) is 8.94. The number of carbonyl (C=O) groups is 1. The first-order valence-electron chi connectivity index (χ1n) is 4.55. The van der Waals surface area contributed by atoms with Crippen molar-refractivity contribution in [2.24, 2.45) is 4.99 Å². The number of benzene rings is 1. The zero-order valence-corrected chi connectivity index (χ0v) is 8.32. The second kappa shape index (κ2) is 3.25. The van der Waals surface area contributed by atoms with Crippen molar-refractivity contribution < 1.29 is 4.79 Å². The first-order valence-corrected chi connectivity index (χ1v) is 4.55. The third-order valence-corrected chi connectivity index (χ3v) is 2.31. The summed E-state index contributed by atoms with van der Waals surface area (Å²) in [5.74, 6) is 0.153. The molecule has 1 heterocycles. The van der Waals surface area contributed by atoms with E-state index in [1.54, 1.807) is 6.21 Å². The highest BCUT2D eigenvalue weighted by atomic mass is 16.1. The Morgan fingerprint density at radius 1 is 1.36 bits per heavy atom. The lowest BCUT2D eigenvalue weighted by atomic mass is 10.0. The number of nitrogens with zero attached hydrogens (tertiary/aromatic N) is 2. The molecular formula is C11H12N2O. The van der Waals surface area contributed by atoms with E-state index in [9.17, 15) is 4.79 Å². The highest BCUT2D eigenvalue weighted by Crippen LogP contribution is 2.28. The van der Waals surface area contributed by atoms with Gasteiger partial charge in [0.05, 0.1) is 5.69 Å². The third kappa shape index (κ3) is 1.41. The van der Waals surface area contributed by atoms with Crippen LogP contribution in [0, 0.1) is 0 Å². The van der Waals surface area contributed by atoms with Crippen molar-refractivity contribution in [3.8, 4) is 0 Å². The van der Waals surface area contributed by atoms with Crippen LogP contribution in [0.1, 0.15) is 16.8 Å². The van der Waals surface area contributed by atoms with Crippen molar-refractivity contribution in [1.29, 1.82) is 0 Å². The highest BCUT2D eigenvalue weighted by molar-refractivity contribution is 6.10. The van der Waals surface area contributed by atoms with Crippen LogP contribution in [-0.4, -0.2) is 26.1 Å². The Morgan fingerprint density at radius 3 is 2.86 bits per heavy atom. The molecular weight excluding hydrogens is 176 g/mol. The molecule has 0 fully saturated rings. The molecule has 0 bridgehead atoms. The van der Waals surface area contributed by atoms with Crippen molar-refractivity contribution >= 4 is 23.4 Å². The predicted molar refractivity (Wildman–Crippen MR) is 57.9 cm³/mol. The molecule has 72 valence electrons. The standard InChI is InChI=1S/C11H12N2O/c1-13(2)8-3-4-9-10(7-8)12-6-5-11(9)14/h3-4,6-7H,5H2,1-2H3. The summed E-state index contributed by atoms with van der Waals surface area (Å²) in [6, 6.07) is 5.73. The van der Waals surface area contributed by atoms with E-state index >= 15 is 0 Å². The van der Waals surface area contributed by atoms with E-state index < -0.39 is 0 Å². The Bertz CT molecular complexity index is 408. The number of hydrogen-bond acceptors (Lipinski definition) is 3. The molecule has 1 aliphatic heterocycles. The summed E-state index contributed by atoms with van der Waals surface area (Å²) in [5.41, 5.74) is 2.58. The quantitative estimate of drug-likeness (QED) is 0.675. The summed E-state index contributed by atoms with van der Waals surface area (Å²) in [6.07, 6.45) is 2.10. The molecule has 1 aromatic rings. The summed E-state index contributed by atoms with van der Waals surface area (Å²) >= 11 is 0. The number of carbonyl (C=O) groups excluding carboxylic acids is 1. The zero-order valence-electron chi connectivity index (χ0n) is 8.32. The van der Waals surface area contributed by atoms with Crippen LogP contribution < -0.4 is 4.90 Å². The zero-order chi connectivity index (χ0) is 10.1. The van der Waals surface area contributed by atoms with Gasteiger partial charge in [-0.3, -0.25) is 9.79 Å². The Hall–Kier alpha value is -1.64. The van der Waals surface area contributed by atoms with E-state index in [0.717, 1.165) is 16.9 Å². The van der Waals surface area contributed by atoms with Gasteiger partial charge in [-0.25, -0.2) is 0 Å². The van der Waals surface area contributed by atoms with E-state index in [1.165, 1.54) is 0 Å². The predicted octanol–water partition coefficient (Wildman–Crippen LogP) is 2.04.